The Morgan fingerprint density at radius 1 is 0.967 bits per heavy atom. The Bertz CT molecular complexity index is 1170. The summed E-state index contributed by atoms with van der Waals surface area (Å²) >= 11 is 5.91. The van der Waals surface area contributed by atoms with Crippen molar-refractivity contribution in [3.8, 4) is 11.5 Å². The lowest BCUT2D eigenvalue weighted by Gasteiger charge is -2.17. The maximum Gasteiger partial charge on any atom is 0.265 e. The summed E-state index contributed by atoms with van der Waals surface area (Å²) in [5.41, 5.74) is 0.868. The van der Waals surface area contributed by atoms with Crippen molar-refractivity contribution in [3.63, 3.8) is 0 Å². The molecule has 3 rings (SSSR count). The minimum Gasteiger partial charge on any atom is -0.494 e. The highest BCUT2D eigenvalue weighted by molar-refractivity contribution is 7.92. The molecule has 0 unspecified atom stereocenters. The van der Waals surface area contributed by atoms with Gasteiger partial charge < -0.3 is 14.8 Å². The van der Waals surface area contributed by atoms with E-state index in [-0.39, 0.29) is 33.1 Å². The summed E-state index contributed by atoms with van der Waals surface area (Å²) in [7, 11) is -1.27. The summed E-state index contributed by atoms with van der Waals surface area (Å²) in [6.07, 6.45) is 1.38. The van der Waals surface area contributed by atoms with Crippen molar-refractivity contribution in [2.75, 3.05) is 24.3 Å². The molecule has 10 heteroatoms. The largest absolute Gasteiger partial charge is 0.494 e. The Kier molecular flexibility index (Phi) is 6.43. The van der Waals surface area contributed by atoms with Gasteiger partial charge in [0, 0.05) is 23.9 Å². The highest BCUT2D eigenvalue weighted by Crippen LogP contribution is 2.38. The third kappa shape index (κ3) is 4.64. The molecule has 0 aliphatic carbocycles. The Hall–Kier alpha value is -3.30. The lowest BCUT2D eigenvalue weighted by Crippen LogP contribution is -2.16. The summed E-state index contributed by atoms with van der Waals surface area (Å²) in [5.74, 6) is 0.0456. The predicted octanol–water partition coefficient (Wildman–Crippen LogP) is 3.81. The standard InChI is InChI=1S/C20H18ClN3O5S/c1-28-16-12-15(24-30(26,27)18-9-6-10-22-19(18)21)17(29-2)11-14(16)23-20(25)13-7-4-3-5-8-13/h3-12,24H,1-2H3,(H,23,25). The van der Waals surface area contributed by atoms with Gasteiger partial charge in [-0.15, -0.1) is 0 Å². The van der Waals surface area contributed by atoms with Crippen LogP contribution in [0, 0.1) is 0 Å². The number of nitrogens with zero attached hydrogens (tertiary/aromatic N) is 1. The summed E-state index contributed by atoms with van der Waals surface area (Å²) in [5, 5.41) is 2.57. The predicted molar refractivity (Wildman–Crippen MR) is 114 cm³/mol. The Morgan fingerprint density at radius 3 is 2.23 bits per heavy atom. The molecule has 0 radical (unpaired) electrons. The minimum absolute atomic E-state index is 0.104. The van der Waals surface area contributed by atoms with Crippen LogP contribution in [0.4, 0.5) is 11.4 Å². The zero-order chi connectivity index (χ0) is 21.7. The molecule has 1 heterocycles. The summed E-state index contributed by atoms with van der Waals surface area (Å²) in [6.45, 7) is 0. The number of amides is 1. The maximum atomic E-state index is 12.7. The van der Waals surface area contributed by atoms with E-state index in [0.717, 1.165) is 0 Å². The van der Waals surface area contributed by atoms with Crippen molar-refractivity contribution < 1.29 is 22.7 Å². The van der Waals surface area contributed by atoms with Crippen LogP contribution in [0.3, 0.4) is 0 Å². The number of hydrogen-bond acceptors (Lipinski definition) is 6. The average Bonchev–Trinajstić information content (AvgIpc) is 2.75. The zero-order valence-electron chi connectivity index (χ0n) is 16.0. The second-order valence-corrected chi connectivity index (χ2v) is 7.98. The number of sulfonamides is 1. The summed E-state index contributed by atoms with van der Waals surface area (Å²) in [6, 6.07) is 14.3. The lowest BCUT2D eigenvalue weighted by atomic mass is 10.2. The fourth-order valence-corrected chi connectivity index (χ4v) is 4.15. The van der Waals surface area contributed by atoms with E-state index in [1.165, 1.54) is 44.7 Å². The van der Waals surface area contributed by atoms with Crippen LogP contribution in [-0.2, 0) is 10.0 Å². The van der Waals surface area contributed by atoms with Crippen LogP contribution < -0.4 is 19.5 Å². The monoisotopic (exact) mass is 447 g/mol. The van der Waals surface area contributed by atoms with Crippen LogP contribution in [-0.4, -0.2) is 33.5 Å². The van der Waals surface area contributed by atoms with Crippen molar-refractivity contribution in [1.29, 1.82) is 0 Å². The Balaban J connectivity index is 1.95. The lowest BCUT2D eigenvalue weighted by molar-refractivity contribution is 0.102. The number of carbonyl (C=O) groups is 1. The Labute approximate surface area is 178 Å². The second kappa shape index (κ2) is 9.02. The van der Waals surface area contributed by atoms with E-state index in [0.29, 0.717) is 11.3 Å². The van der Waals surface area contributed by atoms with Gasteiger partial charge in [-0.1, -0.05) is 29.8 Å². The van der Waals surface area contributed by atoms with E-state index in [4.69, 9.17) is 21.1 Å². The van der Waals surface area contributed by atoms with Crippen molar-refractivity contribution in [2.45, 2.75) is 4.90 Å². The minimum atomic E-state index is -4.05. The SMILES string of the molecule is COc1cc(NS(=O)(=O)c2cccnc2Cl)c(OC)cc1NC(=O)c1ccccc1. The number of pyridine rings is 1. The second-order valence-electron chi connectivity index (χ2n) is 5.97. The van der Waals surface area contributed by atoms with E-state index >= 15 is 0 Å². The van der Waals surface area contributed by atoms with Gasteiger partial charge in [-0.3, -0.25) is 9.52 Å². The number of carbonyl (C=O) groups excluding carboxylic acids is 1. The number of hydrogen-bond donors (Lipinski definition) is 2. The highest BCUT2D eigenvalue weighted by atomic mass is 35.5. The molecule has 2 N–H and O–H groups in total. The molecule has 0 bridgehead atoms. The van der Waals surface area contributed by atoms with Gasteiger partial charge in [0.25, 0.3) is 15.9 Å². The van der Waals surface area contributed by atoms with E-state index in [2.05, 4.69) is 15.0 Å². The molecule has 0 aliphatic heterocycles. The van der Waals surface area contributed by atoms with Gasteiger partial charge in [-0.2, -0.15) is 0 Å². The van der Waals surface area contributed by atoms with Crippen LogP contribution in [0.1, 0.15) is 10.4 Å². The Morgan fingerprint density at radius 2 is 1.60 bits per heavy atom. The summed E-state index contributed by atoms with van der Waals surface area (Å²) < 4.78 is 38.5. The molecule has 156 valence electrons. The van der Waals surface area contributed by atoms with E-state index in [1.807, 2.05) is 0 Å². The van der Waals surface area contributed by atoms with Crippen LogP contribution in [0.25, 0.3) is 0 Å². The molecule has 8 nitrogen and oxygen atoms in total. The average molecular weight is 448 g/mol. The number of benzene rings is 2. The van der Waals surface area contributed by atoms with Crippen molar-refractivity contribution in [1.82, 2.24) is 4.98 Å². The van der Waals surface area contributed by atoms with Crippen molar-refractivity contribution in [2.24, 2.45) is 0 Å². The van der Waals surface area contributed by atoms with Gasteiger partial charge in [0.1, 0.15) is 21.5 Å². The fraction of sp³-hybridized carbons (Fsp3) is 0.100. The van der Waals surface area contributed by atoms with Crippen LogP contribution >= 0.6 is 11.6 Å². The number of nitrogens with one attached hydrogen (secondary N) is 2. The third-order valence-corrected chi connectivity index (χ3v) is 5.87. The van der Waals surface area contributed by atoms with Gasteiger partial charge in [-0.25, -0.2) is 13.4 Å². The topological polar surface area (TPSA) is 107 Å². The molecule has 0 atom stereocenters. The van der Waals surface area contributed by atoms with Crippen LogP contribution in [0.2, 0.25) is 5.15 Å². The highest BCUT2D eigenvalue weighted by Gasteiger charge is 2.22. The molecular weight excluding hydrogens is 430 g/mol. The number of halogens is 1. The molecule has 0 fully saturated rings. The van der Waals surface area contributed by atoms with Gasteiger partial charge >= 0.3 is 0 Å². The number of aromatic nitrogens is 1. The molecule has 30 heavy (non-hydrogen) atoms. The fourth-order valence-electron chi connectivity index (χ4n) is 2.63. The molecular formula is C20H18ClN3O5S. The third-order valence-electron chi connectivity index (χ3n) is 4.06. The van der Waals surface area contributed by atoms with E-state index in [1.54, 1.807) is 30.3 Å². The van der Waals surface area contributed by atoms with Crippen LogP contribution in [0.15, 0.2) is 65.7 Å². The van der Waals surface area contributed by atoms with Gasteiger partial charge in [0.2, 0.25) is 0 Å². The first kappa shape index (κ1) is 21.4. The summed E-state index contributed by atoms with van der Waals surface area (Å²) in [4.78, 5) is 16.1. The first-order valence-electron chi connectivity index (χ1n) is 8.61. The molecule has 3 aromatic rings. The number of anilines is 2. The number of ether oxygens (including phenoxy) is 2. The maximum absolute atomic E-state index is 12.7. The number of methoxy groups -OCH3 is 2. The molecule has 0 spiro atoms. The normalized spacial score (nSPS) is 10.9. The number of rotatable bonds is 7. The molecule has 0 aliphatic rings. The van der Waals surface area contributed by atoms with E-state index < -0.39 is 10.0 Å². The molecule has 0 saturated carbocycles. The quantitative estimate of drug-likeness (QED) is 0.533. The molecule has 0 saturated heterocycles. The van der Waals surface area contributed by atoms with Gasteiger partial charge in [-0.05, 0) is 24.3 Å². The molecule has 2 aromatic carbocycles. The van der Waals surface area contributed by atoms with Gasteiger partial charge in [0.05, 0.1) is 25.6 Å². The van der Waals surface area contributed by atoms with Gasteiger partial charge in [0.15, 0.2) is 0 Å². The van der Waals surface area contributed by atoms with Crippen molar-refractivity contribution in [3.05, 3.63) is 71.5 Å². The van der Waals surface area contributed by atoms with E-state index in [9.17, 15) is 13.2 Å². The smallest absolute Gasteiger partial charge is 0.265 e. The first-order chi connectivity index (χ1) is 14.4. The zero-order valence-corrected chi connectivity index (χ0v) is 17.6. The molecule has 1 aromatic heterocycles. The van der Waals surface area contributed by atoms with Crippen molar-refractivity contribution >= 4 is 38.9 Å². The first-order valence-corrected chi connectivity index (χ1v) is 10.5. The van der Waals surface area contributed by atoms with Crippen LogP contribution in [0.5, 0.6) is 11.5 Å². The molecule has 1 amide bonds.